The summed E-state index contributed by atoms with van der Waals surface area (Å²) in [6.45, 7) is 7.06. The predicted molar refractivity (Wildman–Crippen MR) is 97.1 cm³/mol. The fourth-order valence-corrected chi connectivity index (χ4v) is 5.85. The van der Waals surface area contributed by atoms with Gasteiger partial charge in [-0.25, -0.2) is 9.59 Å². The lowest BCUT2D eigenvalue weighted by Crippen LogP contribution is -2.63. The van der Waals surface area contributed by atoms with E-state index in [4.69, 9.17) is 4.74 Å². The lowest BCUT2D eigenvalue weighted by atomic mass is 9.59. The highest BCUT2D eigenvalue weighted by Crippen LogP contribution is 2.57. The zero-order valence-electron chi connectivity index (χ0n) is 16.5. The third kappa shape index (κ3) is 2.45. The minimum atomic E-state index is -2.68. The monoisotopic (exact) mass is 404 g/mol. The first-order valence-electron chi connectivity index (χ1n) is 9.63. The van der Waals surface area contributed by atoms with Crippen LogP contribution in [-0.4, -0.2) is 58.1 Å². The van der Waals surface area contributed by atoms with Gasteiger partial charge in [-0.15, -0.1) is 0 Å². The number of Topliss-reactive ketones (excluding diaryl/α,β-unsaturated/α-hetero) is 2. The van der Waals surface area contributed by atoms with Crippen molar-refractivity contribution in [1.82, 2.24) is 0 Å². The molecule has 0 radical (unpaired) electrons. The number of ketones is 2. The van der Waals surface area contributed by atoms with Gasteiger partial charge in [-0.1, -0.05) is 18.2 Å². The second-order valence-corrected chi connectivity index (χ2v) is 8.93. The molecule has 0 aromatic carbocycles. The average Bonchev–Trinajstić information content (AvgIpc) is 2.98. The van der Waals surface area contributed by atoms with Gasteiger partial charge in [0.1, 0.15) is 11.9 Å². The summed E-state index contributed by atoms with van der Waals surface area (Å²) in [5, 5.41) is 22.2. The number of hydrogen-bond acceptors (Lipinski definition) is 8. The Balaban J connectivity index is 1.97. The van der Waals surface area contributed by atoms with Gasteiger partial charge in [-0.2, -0.15) is 0 Å². The first-order chi connectivity index (χ1) is 13.4. The highest BCUT2D eigenvalue weighted by molar-refractivity contribution is 6.13. The molecular formula is C21H24O8. The van der Waals surface area contributed by atoms with Crippen molar-refractivity contribution in [1.29, 1.82) is 0 Å². The van der Waals surface area contributed by atoms with Crippen molar-refractivity contribution in [3.8, 4) is 0 Å². The number of ether oxygens (including phenoxy) is 2. The van der Waals surface area contributed by atoms with Crippen LogP contribution in [0.1, 0.15) is 26.7 Å². The SMILES string of the molecule is C=C(C)[C@@H]1CC(=O)[C@@](O)(C(=O)OC)[C@@H]2C(=O)[C@@H]3[C@@H]4C(=C[C@@H]21)C(=O)O[C@@H]4C[C@]3(C)O. The molecule has 3 fully saturated rings. The minimum Gasteiger partial charge on any atom is -0.467 e. The molecule has 8 nitrogen and oxygen atoms in total. The Kier molecular flexibility index (Phi) is 4.19. The molecule has 0 spiro atoms. The van der Waals surface area contributed by atoms with E-state index in [0.717, 1.165) is 7.11 Å². The number of esters is 2. The standard InChI is InChI=1S/C21H24O8/c1-8(2)9-6-13(22)21(27,19(25)28-4)15-10(9)5-11-14-12(29-18(11)24)7-20(3,26)16(14)17(15)23/h5,9-10,12,14-16,26-27H,1,6-7H2,2-4H3/t9-,10+,12+,14+,15-,16-,20-,21-/m0/s1. The Morgan fingerprint density at radius 2 is 1.93 bits per heavy atom. The third-order valence-electron chi connectivity index (χ3n) is 7.14. The van der Waals surface area contributed by atoms with E-state index in [1.165, 1.54) is 6.92 Å². The molecular weight excluding hydrogens is 380 g/mol. The van der Waals surface area contributed by atoms with Crippen molar-refractivity contribution < 1.29 is 38.9 Å². The van der Waals surface area contributed by atoms with Gasteiger partial charge >= 0.3 is 11.9 Å². The Labute approximate surface area is 167 Å². The highest BCUT2D eigenvalue weighted by atomic mass is 16.6. The molecule has 1 heterocycles. The van der Waals surface area contributed by atoms with Crippen molar-refractivity contribution in [2.75, 3.05) is 7.11 Å². The van der Waals surface area contributed by atoms with Gasteiger partial charge in [0.25, 0.3) is 0 Å². The number of fused-ring (bicyclic) bond motifs is 1. The first kappa shape index (κ1) is 20.0. The van der Waals surface area contributed by atoms with Gasteiger partial charge in [0.15, 0.2) is 5.78 Å². The Morgan fingerprint density at radius 3 is 2.52 bits per heavy atom. The molecule has 8 heteroatoms. The van der Waals surface area contributed by atoms with Crippen LogP contribution in [0.2, 0.25) is 0 Å². The number of methoxy groups -OCH3 is 1. The molecule has 0 bridgehead atoms. The second kappa shape index (κ2) is 6.09. The lowest BCUT2D eigenvalue weighted by molar-refractivity contribution is -0.186. The van der Waals surface area contributed by atoms with Crippen molar-refractivity contribution in [2.45, 2.75) is 44.0 Å². The van der Waals surface area contributed by atoms with Crippen molar-refractivity contribution in [3.05, 3.63) is 23.8 Å². The largest absolute Gasteiger partial charge is 0.467 e. The summed E-state index contributed by atoms with van der Waals surface area (Å²) in [7, 11) is 1.03. The van der Waals surface area contributed by atoms with Crippen molar-refractivity contribution in [2.24, 2.45) is 29.6 Å². The molecule has 4 aliphatic rings. The van der Waals surface area contributed by atoms with Crippen LogP contribution in [-0.2, 0) is 28.7 Å². The van der Waals surface area contributed by atoms with E-state index in [9.17, 15) is 29.4 Å². The topological polar surface area (TPSA) is 127 Å². The van der Waals surface area contributed by atoms with Gasteiger partial charge in [0.2, 0.25) is 5.60 Å². The molecule has 1 saturated heterocycles. The van der Waals surface area contributed by atoms with Crippen molar-refractivity contribution in [3.63, 3.8) is 0 Å². The van der Waals surface area contributed by atoms with E-state index in [-0.39, 0.29) is 18.4 Å². The first-order valence-corrected chi connectivity index (χ1v) is 9.63. The molecule has 29 heavy (non-hydrogen) atoms. The fraction of sp³-hybridized carbons (Fsp3) is 0.619. The van der Waals surface area contributed by atoms with Gasteiger partial charge in [-0.3, -0.25) is 9.59 Å². The van der Waals surface area contributed by atoms with E-state index >= 15 is 0 Å². The summed E-state index contributed by atoms with van der Waals surface area (Å²) >= 11 is 0. The van der Waals surface area contributed by atoms with Crippen LogP contribution in [0.25, 0.3) is 0 Å². The number of carbonyl (C=O) groups excluding carboxylic acids is 4. The van der Waals surface area contributed by atoms with E-state index < -0.39 is 70.4 Å². The fourth-order valence-electron chi connectivity index (χ4n) is 5.85. The number of rotatable bonds is 2. The van der Waals surface area contributed by atoms with Crippen LogP contribution in [0.15, 0.2) is 23.8 Å². The van der Waals surface area contributed by atoms with Crippen LogP contribution >= 0.6 is 0 Å². The molecule has 0 amide bonds. The Bertz CT molecular complexity index is 883. The average molecular weight is 404 g/mol. The van der Waals surface area contributed by atoms with Crippen molar-refractivity contribution >= 4 is 23.5 Å². The maximum absolute atomic E-state index is 13.7. The minimum absolute atomic E-state index is 0.0586. The quantitative estimate of drug-likeness (QED) is 0.377. The number of hydrogen-bond donors (Lipinski definition) is 2. The maximum atomic E-state index is 13.7. The molecule has 4 rings (SSSR count). The smallest absolute Gasteiger partial charge is 0.346 e. The van der Waals surface area contributed by atoms with Crippen LogP contribution in [0.4, 0.5) is 0 Å². The molecule has 8 atom stereocenters. The summed E-state index contributed by atoms with van der Waals surface area (Å²) in [6, 6.07) is 0. The van der Waals surface area contributed by atoms with Crippen LogP contribution in [0, 0.1) is 29.6 Å². The maximum Gasteiger partial charge on any atom is 0.346 e. The normalized spacial score (nSPS) is 45.7. The van der Waals surface area contributed by atoms with Gasteiger partial charge in [-0.05, 0) is 25.7 Å². The highest BCUT2D eigenvalue weighted by Gasteiger charge is 2.69. The Morgan fingerprint density at radius 1 is 1.28 bits per heavy atom. The number of aliphatic hydroxyl groups is 2. The zero-order chi connectivity index (χ0) is 21.5. The van der Waals surface area contributed by atoms with E-state index in [2.05, 4.69) is 11.3 Å². The van der Waals surface area contributed by atoms with Crippen LogP contribution in [0.5, 0.6) is 0 Å². The molecule has 3 aliphatic carbocycles. The molecule has 0 aromatic heterocycles. The molecule has 2 N–H and O–H groups in total. The third-order valence-corrected chi connectivity index (χ3v) is 7.14. The lowest BCUT2D eigenvalue weighted by Gasteiger charge is -2.44. The van der Waals surface area contributed by atoms with Gasteiger partial charge in [0, 0.05) is 24.3 Å². The van der Waals surface area contributed by atoms with E-state index in [0.29, 0.717) is 5.57 Å². The van der Waals surface area contributed by atoms with E-state index in [1.807, 2.05) is 0 Å². The zero-order valence-corrected chi connectivity index (χ0v) is 16.5. The summed E-state index contributed by atoms with van der Waals surface area (Å²) in [4.78, 5) is 51.7. The van der Waals surface area contributed by atoms with Crippen LogP contribution in [0.3, 0.4) is 0 Å². The number of allylic oxidation sites excluding steroid dienone is 2. The molecule has 0 unspecified atom stereocenters. The summed E-state index contributed by atoms with van der Waals surface area (Å²) < 4.78 is 10.1. The summed E-state index contributed by atoms with van der Waals surface area (Å²) in [6.07, 6.45) is 0.728. The van der Waals surface area contributed by atoms with E-state index in [1.54, 1.807) is 13.0 Å². The van der Waals surface area contributed by atoms with Crippen LogP contribution < -0.4 is 0 Å². The molecule has 156 valence electrons. The molecule has 2 saturated carbocycles. The predicted octanol–water partition coefficient (Wildman–Crippen LogP) is 0.110. The number of carbonyl (C=O) groups is 4. The van der Waals surface area contributed by atoms with Gasteiger partial charge in [0.05, 0.1) is 24.5 Å². The summed E-state index contributed by atoms with van der Waals surface area (Å²) in [5.41, 5.74) is -3.36. The Hall–Kier alpha value is -2.32. The summed E-state index contributed by atoms with van der Waals surface area (Å²) in [5.74, 6) is -7.89. The van der Waals surface area contributed by atoms with Gasteiger partial charge < -0.3 is 19.7 Å². The molecule has 0 aromatic rings. The molecule has 1 aliphatic heterocycles. The second-order valence-electron chi connectivity index (χ2n) is 8.93.